The Balaban J connectivity index is 1.80. The van der Waals surface area contributed by atoms with Gasteiger partial charge in [0.25, 0.3) is 0 Å². The minimum Gasteiger partial charge on any atom is -0.381 e. The zero-order valence-corrected chi connectivity index (χ0v) is 10.00. The van der Waals surface area contributed by atoms with Crippen molar-refractivity contribution in [2.45, 2.75) is 32.2 Å². The first kappa shape index (κ1) is 11.9. The van der Waals surface area contributed by atoms with E-state index in [2.05, 4.69) is 17.6 Å². The van der Waals surface area contributed by atoms with Crippen molar-refractivity contribution in [1.29, 1.82) is 0 Å². The third-order valence-corrected chi connectivity index (χ3v) is 3.75. The molecule has 0 aliphatic carbocycles. The predicted molar refractivity (Wildman–Crippen MR) is 62.1 cm³/mol. The van der Waals surface area contributed by atoms with E-state index < -0.39 is 0 Å². The molecule has 2 saturated heterocycles. The topological polar surface area (TPSA) is 50.4 Å². The van der Waals surface area contributed by atoms with E-state index in [1.165, 1.54) is 0 Å². The van der Waals surface area contributed by atoms with Crippen molar-refractivity contribution in [1.82, 2.24) is 10.6 Å². The zero-order chi connectivity index (χ0) is 11.4. The van der Waals surface area contributed by atoms with Crippen LogP contribution in [-0.4, -0.2) is 38.3 Å². The first-order valence-corrected chi connectivity index (χ1v) is 6.36. The fourth-order valence-corrected chi connectivity index (χ4v) is 2.44. The van der Waals surface area contributed by atoms with E-state index in [1.54, 1.807) is 0 Å². The number of hydrogen-bond donors (Lipinski definition) is 2. The van der Waals surface area contributed by atoms with Gasteiger partial charge >= 0.3 is 0 Å². The van der Waals surface area contributed by atoms with Crippen molar-refractivity contribution in [3.63, 3.8) is 0 Å². The molecule has 0 aromatic rings. The van der Waals surface area contributed by atoms with Gasteiger partial charge in [-0.3, -0.25) is 4.79 Å². The molecule has 92 valence electrons. The van der Waals surface area contributed by atoms with E-state index in [4.69, 9.17) is 4.74 Å². The van der Waals surface area contributed by atoms with Crippen LogP contribution >= 0.6 is 0 Å². The minimum absolute atomic E-state index is 0.169. The quantitative estimate of drug-likeness (QED) is 0.722. The normalized spacial score (nSPS) is 32.3. The molecule has 0 bridgehead atoms. The monoisotopic (exact) mass is 226 g/mol. The summed E-state index contributed by atoms with van der Waals surface area (Å²) in [7, 11) is 0. The third-order valence-electron chi connectivity index (χ3n) is 3.75. The lowest BCUT2D eigenvalue weighted by molar-refractivity contribution is -0.129. The van der Waals surface area contributed by atoms with Gasteiger partial charge in [0.05, 0.1) is 0 Å². The summed E-state index contributed by atoms with van der Waals surface area (Å²) in [5.41, 5.74) is 0. The molecular formula is C12H22N2O2. The summed E-state index contributed by atoms with van der Waals surface area (Å²) >= 11 is 0. The Bertz CT molecular complexity index is 239. The molecule has 4 heteroatoms. The largest absolute Gasteiger partial charge is 0.381 e. The molecule has 2 rings (SSSR count). The fraction of sp³-hybridized carbons (Fsp3) is 0.917. The van der Waals surface area contributed by atoms with Crippen LogP contribution < -0.4 is 10.6 Å². The van der Waals surface area contributed by atoms with Gasteiger partial charge in [-0.2, -0.15) is 0 Å². The maximum Gasteiger partial charge on any atom is 0.223 e. The van der Waals surface area contributed by atoms with Crippen LogP contribution in [0.3, 0.4) is 0 Å². The number of amides is 1. The highest BCUT2D eigenvalue weighted by Gasteiger charge is 2.27. The van der Waals surface area contributed by atoms with Crippen molar-refractivity contribution in [2.75, 3.05) is 26.3 Å². The lowest BCUT2D eigenvalue weighted by atomic mass is 9.93. The fourth-order valence-electron chi connectivity index (χ4n) is 2.44. The van der Waals surface area contributed by atoms with Crippen molar-refractivity contribution in [2.24, 2.45) is 11.8 Å². The Kier molecular flexibility index (Phi) is 4.18. The number of piperidine rings is 1. The number of nitrogens with one attached hydrogen (secondary N) is 2. The highest BCUT2D eigenvalue weighted by molar-refractivity contribution is 5.79. The highest BCUT2D eigenvalue weighted by atomic mass is 16.5. The molecule has 4 nitrogen and oxygen atoms in total. The van der Waals surface area contributed by atoms with Crippen LogP contribution in [0.1, 0.15) is 26.2 Å². The van der Waals surface area contributed by atoms with Crippen molar-refractivity contribution in [3.05, 3.63) is 0 Å². The Hall–Kier alpha value is -0.610. The van der Waals surface area contributed by atoms with Gasteiger partial charge in [-0.05, 0) is 31.7 Å². The second-order valence-corrected chi connectivity index (χ2v) is 4.97. The van der Waals surface area contributed by atoms with Crippen molar-refractivity contribution >= 4 is 5.91 Å². The van der Waals surface area contributed by atoms with E-state index in [-0.39, 0.29) is 11.8 Å². The SMILES string of the molecule is CC1CCNCC1NC(=O)C1CCOCC1. The molecule has 2 heterocycles. The number of carbonyl (C=O) groups excluding carboxylic acids is 1. The molecule has 16 heavy (non-hydrogen) atoms. The van der Waals surface area contributed by atoms with Gasteiger partial charge in [-0.15, -0.1) is 0 Å². The van der Waals surface area contributed by atoms with Gasteiger partial charge in [-0.1, -0.05) is 6.92 Å². The Morgan fingerprint density at radius 1 is 1.31 bits per heavy atom. The molecule has 0 aromatic carbocycles. The Labute approximate surface area is 97.1 Å². The van der Waals surface area contributed by atoms with Crippen LogP contribution in [0.4, 0.5) is 0 Å². The second-order valence-electron chi connectivity index (χ2n) is 4.97. The molecule has 2 aliphatic rings. The lowest BCUT2D eigenvalue weighted by Gasteiger charge is -2.32. The average molecular weight is 226 g/mol. The second kappa shape index (κ2) is 5.64. The molecule has 1 amide bonds. The van der Waals surface area contributed by atoms with Crippen LogP contribution in [0.2, 0.25) is 0 Å². The molecule has 2 fully saturated rings. The summed E-state index contributed by atoms with van der Waals surface area (Å²) in [6.45, 7) is 5.67. The van der Waals surface area contributed by atoms with Crippen LogP contribution in [0.5, 0.6) is 0 Å². The highest BCUT2D eigenvalue weighted by Crippen LogP contribution is 2.17. The summed E-state index contributed by atoms with van der Waals surface area (Å²) < 4.78 is 5.27. The Morgan fingerprint density at radius 2 is 2.06 bits per heavy atom. The van der Waals surface area contributed by atoms with Gasteiger partial charge < -0.3 is 15.4 Å². The Morgan fingerprint density at radius 3 is 2.75 bits per heavy atom. The summed E-state index contributed by atoms with van der Waals surface area (Å²) in [5, 5.41) is 6.52. The molecule has 2 N–H and O–H groups in total. The first-order chi connectivity index (χ1) is 7.77. The van der Waals surface area contributed by atoms with Gasteiger partial charge in [0.1, 0.15) is 0 Å². The van der Waals surface area contributed by atoms with Crippen LogP contribution in [0.15, 0.2) is 0 Å². The van der Waals surface area contributed by atoms with Crippen molar-refractivity contribution < 1.29 is 9.53 Å². The van der Waals surface area contributed by atoms with E-state index in [0.29, 0.717) is 12.0 Å². The molecular weight excluding hydrogens is 204 g/mol. The van der Waals surface area contributed by atoms with E-state index in [1.807, 2.05) is 0 Å². The number of ether oxygens (including phenoxy) is 1. The summed E-state index contributed by atoms with van der Waals surface area (Å²) in [6.07, 6.45) is 2.90. The van der Waals surface area contributed by atoms with Gasteiger partial charge in [0, 0.05) is 31.7 Å². The minimum atomic E-state index is 0.169. The average Bonchev–Trinajstić information content (AvgIpc) is 2.33. The molecule has 0 saturated carbocycles. The maximum absolute atomic E-state index is 12.0. The van der Waals surface area contributed by atoms with Gasteiger partial charge in [0.15, 0.2) is 0 Å². The van der Waals surface area contributed by atoms with Gasteiger partial charge in [0.2, 0.25) is 5.91 Å². The molecule has 0 aromatic heterocycles. The summed E-state index contributed by atoms with van der Waals surface area (Å²) in [6, 6.07) is 0.309. The van der Waals surface area contributed by atoms with E-state index in [9.17, 15) is 4.79 Å². The third kappa shape index (κ3) is 2.95. The van der Waals surface area contributed by atoms with Crippen LogP contribution in [0, 0.1) is 11.8 Å². The zero-order valence-electron chi connectivity index (χ0n) is 10.00. The molecule has 2 atom stereocenters. The van der Waals surface area contributed by atoms with E-state index >= 15 is 0 Å². The van der Waals surface area contributed by atoms with Crippen LogP contribution in [0.25, 0.3) is 0 Å². The molecule has 2 aliphatic heterocycles. The summed E-state index contributed by atoms with van der Waals surface area (Å²) in [4.78, 5) is 12.0. The van der Waals surface area contributed by atoms with E-state index in [0.717, 1.165) is 45.6 Å². The summed E-state index contributed by atoms with van der Waals surface area (Å²) in [5.74, 6) is 0.983. The lowest BCUT2D eigenvalue weighted by Crippen LogP contribution is -2.52. The number of hydrogen-bond acceptors (Lipinski definition) is 3. The molecule has 0 spiro atoms. The smallest absolute Gasteiger partial charge is 0.223 e. The van der Waals surface area contributed by atoms with Crippen LogP contribution in [-0.2, 0) is 9.53 Å². The van der Waals surface area contributed by atoms with Gasteiger partial charge in [-0.25, -0.2) is 0 Å². The number of rotatable bonds is 2. The first-order valence-electron chi connectivity index (χ1n) is 6.36. The molecule has 0 radical (unpaired) electrons. The standard InChI is InChI=1S/C12H22N2O2/c1-9-2-5-13-8-11(9)14-12(15)10-3-6-16-7-4-10/h9-11,13H,2-8H2,1H3,(H,14,15). The predicted octanol–water partition coefficient (Wildman–Crippen LogP) is 0.527. The molecule has 2 unspecified atom stereocenters. The maximum atomic E-state index is 12.0. The number of carbonyl (C=O) groups is 1. The van der Waals surface area contributed by atoms with Crippen molar-refractivity contribution in [3.8, 4) is 0 Å².